The van der Waals surface area contributed by atoms with E-state index in [2.05, 4.69) is 20.8 Å². The molecule has 180 valence electrons. The van der Waals surface area contributed by atoms with Crippen molar-refractivity contribution in [3.05, 3.63) is 86.6 Å². The van der Waals surface area contributed by atoms with Crippen LogP contribution in [-0.2, 0) is 13.0 Å². The normalized spacial score (nSPS) is 15.9. The Bertz CT molecular complexity index is 1330. The molecule has 7 heteroatoms. The van der Waals surface area contributed by atoms with Crippen LogP contribution >= 0.6 is 15.9 Å². The molecule has 0 N–H and O–H groups in total. The molecule has 35 heavy (non-hydrogen) atoms. The lowest BCUT2D eigenvalue weighted by atomic mass is 9.98. The number of rotatable bonds is 6. The average molecular weight is 536 g/mol. The van der Waals surface area contributed by atoms with Crippen LogP contribution in [0.2, 0.25) is 0 Å². The Hall–Kier alpha value is -3.29. The number of hydrogen-bond donors (Lipinski definition) is 0. The van der Waals surface area contributed by atoms with E-state index in [1.54, 1.807) is 20.3 Å². The van der Waals surface area contributed by atoms with Crippen molar-refractivity contribution in [1.29, 1.82) is 0 Å². The number of aryl methyl sites for hydroxylation is 1. The molecule has 3 aromatic carbocycles. The van der Waals surface area contributed by atoms with Crippen LogP contribution in [0.3, 0.4) is 0 Å². The van der Waals surface area contributed by atoms with Crippen molar-refractivity contribution in [1.82, 2.24) is 4.90 Å². The summed E-state index contributed by atoms with van der Waals surface area (Å²) < 4.78 is 23.9. The number of carbonyl (C=O) groups excluding carboxylic acids is 1. The Balaban J connectivity index is 1.37. The largest absolute Gasteiger partial charge is 0.493 e. The first-order valence-corrected chi connectivity index (χ1v) is 12.2. The predicted octanol–water partition coefficient (Wildman–Crippen LogP) is 5.79. The van der Waals surface area contributed by atoms with Crippen molar-refractivity contribution in [3.63, 3.8) is 0 Å². The highest BCUT2D eigenvalue weighted by atomic mass is 79.9. The van der Waals surface area contributed by atoms with Crippen LogP contribution in [0.15, 0.2) is 58.8 Å². The van der Waals surface area contributed by atoms with Gasteiger partial charge in [-0.3, -0.25) is 9.69 Å². The fourth-order valence-corrected chi connectivity index (χ4v) is 4.88. The molecule has 0 aliphatic carbocycles. The third-order valence-electron chi connectivity index (χ3n) is 6.34. The van der Waals surface area contributed by atoms with E-state index in [-0.39, 0.29) is 5.78 Å². The van der Waals surface area contributed by atoms with Crippen LogP contribution in [0.5, 0.6) is 23.0 Å². The lowest BCUT2D eigenvalue weighted by Crippen LogP contribution is -2.34. The van der Waals surface area contributed by atoms with E-state index in [1.807, 2.05) is 55.5 Å². The van der Waals surface area contributed by atoms with Crippen LogP contribution in [-0.4, -0.2) is 38.2 Å². The molecule has 2 aliphatic heterocycles. The summed E-state index contributed by atoms with van der Waals surface area (Å²) in [6, 6.07) is 15.7. The quantitative estimate of drug-likeness (QED) is 0.372. The number of ketones is 1. The Kier molecular flexibility index (Phi) is 6.54. The molecular formula is C28H26BrNO5. The van der Waals surface area contributed by atoms with Crippen molar-refractivity contribution in [3.8, 4) is 23.0 Å². The molecule has 5 rings (SSSR count). The predicted molar refractivity (Wildman–Crippen MR) is 137 cm³/mol. The molecule has 0 unspecified atom stereocenters. The van der Waals surface area contributed by atoms with Gasteiger partial charge in [0.15, 0.2) is 17.3 Å². The molecule has 0 spiro atoms. The highest BCUT2D eigenvalue weighted by Crippen LogP contribution is 2.44. The van der Waals surface area contributed by atoms with Gasteiger partial charge in [-0.25, -0.2) is 0 Å². The summed E-state index contributed by atoms with van der Waals surface area (Å²) in [7, 11) is 3.27. The van der Waals surface area contributed by atoms with Gasteiger partial charge in [0.05, 0.1) is 25.3 Å². The molecular weight excluding hydrogens is 510 g/mol. The molecule has 0 atom stereocenters. The SMILES string of the molecule is COc1ccc(CCN2COc3cc(C)c4c(c3C2)O/C(=C/c2ccccc2Br)C4=O)cc1OC. The Morgan fingerprint density at radius 2 is 1.89 bits per heavy atom. The summed E-state index contributed by atoms with van der Waals surface area (Å²) in [6.07, 6.45) is 2.61. The van der Waals surface area contributed by atoms with Gasteiger partial charge in [-0.1, -0.05) is 40.2 Å². The van der Waals surface area contributed by atoms with Gasteiger partial charge in [-0.15, -0.1) is 0 Å². The third kappa shape index (κ3) is 4.54. The maximum Gasteiger partial charge on any atom is 0.232 e. The lowest BCUT2D eigenvalue weighted by Gasteiger charge is -2.30. The smallest absolute Gasteiger partial charge is 0.232 e. The van der Waals surface area contributed by atoms with Crippen LogP contribution < -0.4 is 18.9 Å². The van der Waals surface area contributed by atoms with Gasteiger partial charge >= 0.3 is 0 Å². The number of methoxy groups -OCH3 is 2. The van der Waals surface area contributed by atoms with E-state index in [0.717, 1.165) is 51.2 Å². The summed E-state index contributed by atoms with van der Waals surface area (Å²) >= 11 is 3.54. The van der Waals surface area contributed by atoms with Gasteiger partial charge in [-0.2, -0.15) is 0 Å². The molecule has 2 heterocycles. The maximum atomic E-state index is 13.2. The molecule has 0 amide bonds. The number of fused-ring (bicyclic) bond motifs is 3. The number of allylic oxidation sites excluding steroid dienone is 1. The molecule has 0 saturated carbocycles. The summed E-state index contributed by atoms with van der Waals surface area (Å²) in [4.78, 5) is 15.4. The first-order valence-electron chi connectivity index (χ1n) is 11.4. The highest BCUT2D eigenvalue weighted by Gasteiger charge is 2.35. The van der Waals surface area contributed by atoms with E-state index in [4.69, 9.17) is 18.9 Å². The average Bonchev–Trinajstić information content (AvgIpc) is 3.20. The minimum absolute atomic E-state index is 0.0986. The topological polar surface area (TPSA) is 57.2 Å². The molecule has 0 radical (unpaired) electrons. The number of carbonyl (C=O) groups is 1. The van der Waals surface area contributed by atoms with Crippen molar-refractivity contribution < 1.29 is 23.7 Å². The number of Topliss-reactive ketones (excluding diaryl/α,β-unsaturated/α-hetero) is 1. The second-order valence-electron chi connectivity index (χ2n) is 8.60. The number of benzene rings is 3. The second kappa shape index (κ2) is 9.76. The number of hydrogen-bond acceptors (Lipinski definition) is 6. The Morgan fingerprint density at radius 3 is 2.66 bits per heavy atom. The van der Waals surface area contributed by atoms with Gasteiger partial charge in [-0.05, 0) is 60.4 Å². The van der Waals surface area contributed by atoms with Gasteiger partial charge < -0.3 is 18.9 Å². The van der Waals surface area contributed by atoms with Crippen molar-refractivity contribution in [2.24, 2.45) is 0 Å². The fourth-order valence-electron chi connectivity index (χ4n) is 4.48. The zero-order valence-electron chi connectivity index (χ0n) is 19.9. The molecule has 0 fully saturated rings. The van der Waals surface area contributed by atoms with Crippen LogP contribution in [0.4, 0.5) is 0 Å². The lowest BCUT2D eigenvalue weighted by molar-refractivity contribution is 0.0949. The van der Waals surface area contributed by atoms with E-state index in [1.165, 1.54) is 0 Å². The Labute approximate surface area is 213 Å². The monoisotopic (exact) mass is 535 g/mol. The fraction of sp³-hybridized carbons (Fsp3) is 0.250. The van der Waals surface area contributed by atoms with Crippen molar-refractivity contribution >= 4 is 27.8 Å². The van der Waals surface area contributed by atoms with Crippen LogP contribution in [0.1, 0.15) is 32.6 Å². The summed E-state index contributed by atoms with van der Waals surface area (Å²) in [5.74, 6) is 3.04. The van der Waals surface area contributed by atoms with Crippen molar-refractivity contribution in [2.75, 3.05) is 27.5 Å². The Morgan fingerprint density at radius 1 is 1.09 bits per heavy atom. The summed E-state index contributed by atoms with van der Waals surface area (Å²) in [5, 5.41) is 0. The molecule has 0 saturated heterocycles. The zero-order valence-corrected chi connectivity index (χ0v) is 21.5. The minimum Gasteiger partial charge on any atom is -0.493 e. The van der Waals surface area contributed by atoms with E-state index in [0.29, 0.717) is 36.1 Å². The van der Waals surface area contributed by atoms with Crippen molar-refractivity contribution in [2.45, 2.75) is 19.9 Å². The number of nitrogens with zero attached hydrogens (tertiary/aromatic N) is 1. The first kappa shape index (κ1) is 23.5. The van der Waals surface area contributed by atoms with E-state index >= 15 is 0 Å². The third-order valence-corrected chi connectivity index (χ3v) is 7.07. The molecule has 6 nitrogen and oxygen atoms in total. The number of ether oxygens (including phenoxy) is 4. The maximum absolute atomic E-state index is 13.2. The summed E-state index contributed by atoms with van der Waals surface area (Å²) in [6.45, 7) is 3.83. The minimum atomic E-state index is -0.0986. The van der Waals surface area contributed by atoms with Gasteiger partial charge in [0.2, 0.25) is 5.78 Å². The van der Waals surface area contributed by atoms with Crippen LogP contribution in [0.25, 0.3) is 6.08 Å². The van der Waals surface area contributed by atoms with E-state index < -0.39 is 0 Å². The summed E-state index contributed by atoms with van der Waals surface area (Å²) in [5.41, 5.74) is 4.43. The zero-order chi connectivity index (χ0) is 24.5. The van der Waals surface area contributed by atoms with Gasteiger partial charge in [0.25, 0.3) is 0 Å². The number of halogens is 1. The highest BCUT2D eigenvalue weighted by molar-refractivity contribution is 9.10. The second-order valence-corrected chi connectivity index (χ2v) is 9.46. The first-order chi connectivity index (χ1) is 17.0. The standard InChI is InChI=1S/C28H26BrNO5/c1-17-12-23-20(28-26(17)27(31)25(35-28)14-19-6-4-5-7-21(19)29)15-30(16-34-23)11-10-18-8-9-22(32-2)24(13-18)33-3/h4-9,12-14H,10-11,15-16H2,1-3H3/b25-14+. The molecule has 3 aromatic rings. The van der Waals surface area contributed by atoms with Gasteiger partial charge in [0.1, 0.15) is 18.2 Å². The van der Waals surface area contributed by atoms with E-state index in [9.17, 15) is 4.79 Å². The molecule has 0 aromatic heterocycles. The molecule has 0 bridgehead atoms. The molecule has 2 aliphatic rings. The van der Waals surface area contributed by atoms with Gasteiger partial charge in [0, 0.05) is 17.6 Å². The van der Waals surface area contributed by atoms with Crippen LogP contribution in [0, 0.1) is 6.92 Å².